The highest BCUT2D eigenvalue weighted by molar-refractivity contribution is 5.17. The molecule has 0 aromatic carbocycles. The van der Waals surface area contributed by atoms with Gasteiger partial charge in [0.2, 0.25) is 5.82 Å². The molecule has 1 aromatic rings. The number of nitrogens with zero attached hydrogens (tertiary/aromatic N) is 3. The van der Waals surface area contributed by atoms with E-state index in [-0.39, 0.29) is 19.0 Å². The summed E-state index contributed by atoms with van der Waals surface area (Å²) in [5.41, 5.74) is 0. The molecule has 0 amide bonds. The minimum atomic E-state index is -2.80. The molecule has 0 radical (unpaired) electrons. The average molecular weight is 215 g/mol. The Hall–Kier alpha value is -1.81. The van der Waals surface area contributed by atoms with Crippen LogP contribution in [0.4, 0.5) is 8.78 Å². The van der Waals surface area contributed by atoms with Crippen LogP contribution in [0.2, 0.25) is 0 Å². The molecule has 5 nitrogen and oxygen atoms in total. The van der Waals surface area contributed by atoms with Crippen LogP contribution in [0.3, 0.4) is 0 Å². The molecule has 1 heterocycles. The number of halogens is 2. The Labute approximate surface area is 84.3 Å². The van der Waals surface area contributed by atoms with E-state index in [4.69, 9.17) is 10.00 Å². The Balaban J connectivity index is 2.29. The van der Waals surface area contributed by atoms with Crippen molar-refractivity contribution in [3.05, 3.63) is 18.2 Å². The summed E-state index contributed by atoms with van der Waals surface area (Å²) in [5.74, 6) is 0.318. The molecule has 0 N–H and O–H groups in total. The van der Waals surface area contributed by atoms with E-state index in [0.717, 1.165) is 0 Å². The van der Waals surface area contributed by atoms with E-state index >= 15 is 0 Å². The Bertz CT molecular complexity index is 337. The van der Waals surface area contributed by atoms with E-state index in [1.165, 1.54) is 12.4 Å². The molecule has 0 bridgehead atoms. The van der Waals surface area contributed by atoms with E-state index < -0.39 is 6.61 Å². The lowest BCUT2D eigenvalue weighted by Crippen LogP contribution is -2.10. The maximum atomic E-state index is 11.5. The molecule has 0 fully saturated rings. The zero-order valence-corrected chi connectivity index (χ0v) is 7.56. The fraction of sp³-hybridized carbons (Fsp3) is 0.375. The predicted octanol–water partition coefficient (Wildman–Crippen LogP) is 0.966. The van der Waals surface area contributed by atoms with Crippen molar-refractivity contribution in [1.82, 2.24) is 9.97 Å². The van der Waals surface area contributed by atoms with Crippen LogP contribution in [0.5, 0.6) is 5.75 Å². The van der Waals surface area contributed by atoms with Crippen LogP contribution in [0.1, 0.15) is 5.82 Å². The molecule has 0 unspecified atom stereocenters. The Morgan fingerprint density at radius 3 is 2.53 bits per heavy atom. The predicted molar refractivity (Wildman–Crippen MR) is 44.2 cm³/mol. The van der Waals surface area contributed by atoms with Crippen molar-refractivity contribution in [2.24, 2.45) is 0 Å². The van der Waals surface area contributed by atoms with E-state index in [0.29, 0.717) is 5.75 Å². The van der Waals surface area contributed by atoms with Crippen molar-refractivity contribution in [2.45, 2.75) is 6.61 Å². The van der Waals surface area contributed by atoms with Crippen molar-refractivity contribution >= 4 is 0 Å². The van der Waals surface area contributed by atoms with Crippen LogP contribution < -0.4 is 4.74 Å². The molecule has 0 aliphatic carbocycles. The fourth-order valence-corrected chi connectivity index (χ4v) is 0.745. The van der Waals surface area contributed by atoms with Gasteiger partial charge in [-0.1, -0.05) is 0 Å². The van der Waals surface area contributed by atoms with Gasteiger partial charge in [-0.2, -0.15) is 14.0 Å². The summed E-state index contributed by atoms with van der Waals surface area (Å²) in [7, 11) is 0. The van der Waals surface area contributed by atoms with E-state index in [1.807, 2.05) is 0 Å². The first-order valence-corrected chi connectivity index (χ1v) is 3.97. The molecule has 0 spiro atoms. The zero-order chi connectivity index (χ0) is 11.1. The third kappa shape index (κ3) is 4.28. The van der Waals surface area contributed by atoms with Gasteiger partial charge in [0.05, 0.1) is 19.0 Å². The third-order valence-electron chi connectivity index (χ3n) is 1.32. The van der Waals surface area contributed by atoms with E-state index in [2.05, 4.69) is 14.7 Å². The van der Waals surface area contributed by atoms with Crippen molar-refractivity contribution in [2.75, 3.05) is 13.2 Å². The molecule has 0 aliphatic heterocycles. The number of nitriles is 1. The fourth-order valence-electron chi connectivity index (χ4n) is 0.745. The first kappa shape index (κ1) is 11.3. The van der Waals surface area contributed by atoms with Gasteiger partial charge in [-0.3, -0.25) is 0 Å². The highest BCUT2D eigenvalue weighted by atomic mass is 19.3. The lowest BCUT2D eigenvalue weighted by atomic mass is 10.5. The minimum Gasteiger partial charge on any atom is -0.488 e. The van der Waals surface area contributed by atoms with Crippen LogP contribution >= 0.6 is 0 Å². The SMILES string of the molecule is N#Cc1ncc(OCCOC(F)F)cn1. The van der Waals surface area contributed by atoms with Gasteiger partial charge in [-0.25, -0.2) is 9.97 Å². The smallest absolute Gasteiger partial charge is 0.345 e. The van der Waals surface area contributed by atoms with Gasteiger partial charge in [0.1, 0.15) is 12.7 Å². The Morgan fingerprint density at radius 1 is 1.33 bits per heavy atom. The lowest BCUT2D eigenvalue weighted by Gasteiger charge is -2.05. The number of hydrogen-bond acceptors (Lipinski definition) is 5. The molecule has 0 atom stereocenters. The largest absolute Gasteiger partial charge is 0.488 e. The lowest BCUT2D eigenvalue weighted by molar-refractivity contribution is -0.133. The molecule has 1 rings (SSSR count). The van der Waals surface area contributed by atoms with Crippen LogP contribution in [0.15, 0.2) is 12.4 Å². The molecule has 0 saturated heterocycles. The van der Waals surface area contributed by atoms with Gasteiger partial charge >= 0.3 is 6.61 Å². The monoisotopic (exact) mass is 215 g/mol. The summed E-state index contributed by atoms with van der Waals surface area (Å²) >= 11 is 0. The summed E-state index contributed by atoms with van der Waals surface area (Å²) in [6.07, 6.45) is 2.57. The van der Waals surface area contributed by atoms with Gasteiger partial charge in [0, 0.05) is 0 Å². The summed E-state index contributed by atoms with van der Waals surface area (Å²) < 4.78 is 32.0. The van der Waals surface area contributed by atoms with Crippen molar-refractivity contribution in [3.8, 4) is 11.8 Å². The molecule has 0 saturated carbocycles. The van der Waals surface area contributed by atoms with Gasteiger partial charge in [-0.05, 0) is 0 Å². The zero-order valence-electron chi connectivity index (χ0n) is 7.56. The van der Waals surface area contributed by atoms with Crippen molar-refractivity contribution < 1.29 is 18.3 Å². The van der Waals surface area contributed by atoms with Crippen LogP contribution in [-0.4, -0.2) is 29.8 Å². The number of alkyl halides is 2. The number of ether oxygens (including phenoxy) is 2. The highest BCUT2D eigenvalue weighted by Crippen LogP contribution is 2.05. The Morgan fingerprint density at radius 2 is 2.00 bits per heavy atom. The van der Waals surface area contributed by atoms with Crippen molar-refractivity contribution in [3.63, 3.8) is 0 Å². The van der Waals surface area contributed by atoms with Crippen LogP contribution in [0, 0.1) is 11.3 Å². The molecular formula is C8H7F2N3O2. The number of hydrogen-bond donors (Lipinski definition) is 0. The van der Waals surface area contributed by atoms with Gasteiger partial charge in [-0.15, -0.1) is 0 Å². The summed E-state index contributed by atoms with van der Waals surface area (Å²) in [5, 5.41) is 8.38. The quantitative estimate of drug-likeness (QED) is 0.684. The average Bonchev–Trinajstić information content (AvgIpc) is 2.25. The molecular weight excluding hydrogens is 208 g/mol. The molecule has 7 heteroatoms. The summed E-state index contributed by atoms with van der Waals surface area (Å²) in [4.78, 5) is 7.25. The summed E-state index contributed by atoms with van der Waals surface area (Å²) in [6, 6.07) is 1.73. The summed E-state index contributed by atoms with van der Waals surface area (Å²) in [6.45, 7) is -3.05. The number of rotatable bonds is 5. The third-order valence-corrected chi connectivity index (χ3v) is 1.32. The second-order valence-corrected chi connectivity index (χ2v) is 2.33. The minimum absolute atomic E-state index is 0.0196. The van der Waals surface area contributed by atoms with E-state index in [9.17, 15) is 8.78 Å². The van der Waals surface area contributed by atoms with Crippen molar-refractivity contribution in [1.29, 1.82) is 5.26 Å². The van der Waals surface area contributed by atoms with Gasteiger partial charge in [0.25, 0.3) is 0 Å². The Kier molecular flexibility index (Phi) is 4.37. The highest BCUT2D eigenvalue weighted by Gasteiger charge is 2.01. The molecule has 1 aromatic heterocycles. The topological polar surface area (TPSA) is 68.0 Å². The molecule has 0 aliphatic rings. The standard InChI is InChI=1S/C8H7F2N3O2/c9-8(10)15-2-1-14-6-4-12-7(3-11)13-5-6/h4-5,8H,1-2H2. The van der Waals surface area contributed by atoms with Crippen LogP contribution in [-0.2, 0) is 4.74 Å². The van der Waals surface area contributed by atoms with Gasteiger partial charge in [0.15, 0.2) is 5.75 Å². The first-order chi connectivity index (χ1) is 7.22. The molecule has 80 valence electrons. The number of aromatic nitrogens is 2. The second kappa shape index (κ2) is 5.82. The van der Waals surface area contributed by atoms with Crippen LogP contribution in [0.25, 0.3) is 0 Å². The molecule has 15 heavy (non-hydrogen) atoms. The van der Waals surface area contributed by atoms with Gasteiger partial charge < -0.3 is 9.47 Å². The van der Waals surface area contributed by atoms with E-state index in [1.54, 1.807) is 6.07 Å². The maximum Gasteiger partial charge on any atom is 0.345 e. The normalized spacial score (nSPS) is 10.0. The first-order valence-electron chi connectivity index (χ1n) is 3.97. The maximum absolute atomic E-state index is 11.5. The second-order valence-electron chi connectivity index (χ2n) is 2.33.